The Morgan fingerprint density at radius 2 is 2.23 bits per heavy atom. The summed E-state index contributed by atoms with van der Waals surface area (Å²) in [5.41, 5.74) is -0.0722. The molecule has 1 atom stereocenters. The molecule has 1 saturated heterocycles. The molecule has 1 fully saturated rings. The fourth-order valence-corrected chi connectivity index (χ4v) is 1.57. The minimum atomic E-state index is -2.27. The molecule has 0 aliphatic carbocycles. The number of halogens is 2. The van der Waals surface area contributed by atoms with Crippen molar-refractivity contribution < 1.29 is 13.5 Å². The number of nitrogens with one attached hydrogen (secondary N) is 1. The quantitative estimate of drug-likeness (QED) is 0.735. The second-order valence-corrected chi connectivity index (χ2v) is 4.09. The molecule has 1 N–H and O–H groups in total. The molecule has 1 aliphatic heterocycles. The Balaban J connectivity index is 2.11. The van der Waals surface area contributed by atoms with Gasteiger partial charge in [-0.2, -0.15) is 0 Å². The molecule has 0 radical (unpaired) electrons. The zero-order valence-electron chi connectivity index (χ0n) is 8.15. The molecule has 0 aromatic carbocycles. The first-order valence-corrected chi connectivity index (χ1v) is 4.66. The molecule has 4 heteroatoms. The van der Waals surface area contributed by atoms with Gasteiger partial charge >= 0.3 is 0 Å². The summed E-state index contributed by atoms with van der Waals surface area (Å²) in [6, 6.07) is 0. The van der Waals surface area contributed by atoms with Gasteiger partial charge in [-0.15, -0.1) is 0 Å². The van der Waals surface area contributed by atoms with E-state index in [0.717, 1.165) is 12.8 Å². The summed E-state index contributed by atoms with van der Waals surface area (Å²) in [7, 11) is 0. The van der Waals surface area contributed by atoms with Crippen LogP contribution in [0.25, 0.3) is 0 Å². The van der Waals surface area contributed by atoms with Crippen LogP contribution >= 0.6 is 0 Å². The SMILES string of the molecule is CC1(C)CCC(CNCC(F)F)O1. The van der Waals surface area contributed by atoms with Crippen molar-refractivity contribution >= 4 is 0 Å². The predicted octanol–water partition coefficient (Wildman–Crippen LogP) is 1.80. The Labute approximate surface area is 77.6 Å². The predicted molar refractivity (Wildman–Crippen MR) is 47.1 cm³/mol. The minimum Gasteiger partial charge on any atom is -0.371 e. The largest absolute Gasteiger partial charge is 0.371 e. The highest BCUT2D eigenvalue weighted by Crippen LogP contribution is 2.28. The second kappa shape index (κ2) is 4.33. The van der Waals surface area contributed by atoms with Gasteiger partial charge < -0.3 is 10.1 Å². The lowest BCUT2D eigenvalue weighted by atomic mass is 10.1. The lowest BCUT2D eigenvalue weighted by Gasteiger charge is -2.19. The molecule has 1 unspecified atom stereocenters. The minimum absolute atomic E-state index is 0.0722. The Morgan fingerprint density at radius 1 is 1.54 bits per heavy atom. The highest BCUT2D eigenvalue weighted by Gasteiger charge is 2.31. The molecule has 0 bridgehead atoms. The van der Waals surface area contributed by atoms with Crippen LogP contribution in [0, 0.1) is 0 Å². The molecule has 1 rings (SSSR count). The molecule has 0 spiro atoms. The lowest BCUT2D eigenvalue weighted by molar-refractivity contribution is -0.0153. The van der Waals surface area contributed by atoms with Crippen molar-refractivity contribution in [1.29, 1.82) is 0 Å². The van der Waals surface area contributed by atoms with E-state index >= 15 is 0 Å². The molecule has 78 valence electrons. The molecule has 1 aliphatic rings. The van der Waals surface area contributed by atoms with E-state index in [0.29, 0.717) is 6.54 Å². The standard InChI is InChI=1S/C9H17F2NO/c1-9(2)4-3-7(13-9)5-12-6-8(10)11/h7-8,12H,3-6H2,1-2H3. The average Bonchev–Trinajstić information content (AvgIpc) is 2.29. The van der Waals surface area contributed by atoms with Gasteiger partial charge in [0, 0.05) is 6.54 Å². The van der Waals surface area contributed by atoms with Gasteiger partial charge in [-0.3, -0.25) is 0 Å². The highest BCUT2D eigenvalue weighted by atomic mass is 19.3. The van der Waals surface area contributed by atoms with E-state index < -0.39 is 6.43 Å². The zero-order chi connectivity index (χ0) is 9.90. The van der Waals surface area contributed by atoms with Crippen molar-refractivity contribution in [2.24, 2.45) is 0 Å². The van der Waals surface area contributed by atoms with Crippen molar-refractivity contribution in [3.8, 4) is 0 Å². The summed E-state index contributed by atoms with van der Waals surface area (Å²) >= 11 is 0. The zero-order valence-corrected chi connectivity index (χ0v) is 8.15. The van der Waals surface area contributed by atoms with E-state index in [-0.39, 0.29) is 18.2 Å². The van der Waals surface area contributed by atoms with Crippen molar-refractivity contribution in [2.45, 2.75) is 44.8 Å². The Bertz CT molecular complexity index is 162. The van der Waals surface area contributed by atoms with Gasteiger partial charge in [0.15, 0.2) is 0 Å². The van der Waals surface area contributed by atoms with Gasteiger partial charge in [0.25, 0.3) is 6.43 Å². The number of hydrogen-bond donors (Lipinski definition) is 1. The third-order valence-corrected chi connectivity index (χ3v) is 2.22. The summed E-state index contributed by atoms with van der Waals surface area (Å²) < 4.78 is 29.1. The Kier molecular flexibility index (Phi) is 3.62. The average molecular weight is 193 g/mol. The van der Waals surface area contributed by atoms with Crippen molar-refractivity contribution in [1.82, 2.24) is 5.32 Å². The topological polar surface area (TPSA) is 21.3 Å². The third-order valence-electron chi connectivity index (χ3n) is 2.22. The van der Waals surface area contributed by atoms with Crippen molar-refractivity contribution in [3.05, 3.63) is 0 Å². The van der Waals surface area contributed by atoms with E-state index in [1.165, 1.54) is 0 Å². The van der Waals surface area contributed by atoms with Gasteiger partial charge in [0.05, 0.1) is 18.2 Å². The lowest BCUT2D eigenvalue weighted by Crippen LogP contribution is -2.32. The molecule has 2 nitrogen and oxygen atoms in total. The van der Waals surface area contributed by atoms with Crippen LogP contribution in [0.5, 0.6) is 0 Å². The third kappa shape index (κ3) is 4.00. The number of ether oxygens (including phenoxy) is 1. The monoisotopic (exact) mass is 193 g/mol. The fourth-order valence-electron chi connectivity index (χ4n) is 1.57. The van der Waals surface area contributed by atoms with Crippen LogP contribution in [-0.2, 0) is 4.74 Å². The summed E-state index contributed by atoms with van der Waals surface area (Å²) in [6.45, 7) is 4.36. The molecule has 0 aromatic rings. The van der Waals surface area contributed by atoms with Crippen LogP contribution in [0.15, 0.2) is 0 Å². The molecule has 0 aromatic heterocycles. The summed E-state index contributed by atoms with van der Waals surface area (Å²) in [5, 5.41) is 2.69. The maximum Gasteiger partial charge on any atom is 0.250 e. The van der Waals surface area contributed by atoms with E-state index in [1.807, 2.05) is 13.8 Å². The van der Waals surface area contributed by atoms with Gasteiger partial charge in [-0.05, 0) is 26.7 Å². The maximum absolute atomic E-state index is 11.8. The maximum atomic E-state index is 11.8. The van der Waals surface area contributed by atoms with Gasteiger partial charge in [0.2, 0.25) is 0 Å². The summed E-state index contributed by atoms with van der Waals surface area (Å²) in [4.78, 5) is 0. The van der Waals surface area contributed by atoms with Crippen LogP contribution in [-0.4, -0.2) is 31.2 Å². The van der Waals surface area contributed by atoms with Gasteiger partial charge in [-0.25, -0.2) is 8.78 Å². The van der Waals surface area contributed by atoms with Crippen LogP contribution in [0.1, 0.15) is 26.7 Å². The van der Waals surface area contributed by atoms with Gasteiger partial charge in [0.1, 0.15) is 0 Å². The van der Waals surface area contributed by atoms with E-state index in [1.54, 1.807) is 0 Å². The summed E-state index contributed by atoms with van der Waals surface area (Å²) in [5.74, 6) is 0. The van der Waals surface area contributed by atoms with Crippen LogP contribution < -0.4 is 5.32 Å². The first kappa shape index (κ1) is 10.9. The van der Waals surface area contributed by atoms with Crippen molar-refractivity contribution in [3.63, 3.8) is 0 Å². The Morgan fingerprint density at radius 3 is 2.69 bits per heavy atom. The van der Waals surface area contributed by atoms with Crippen LogP contribution in [0.4, 0.5) is 8.78 Å². The first-order valence-electron chi connectivity index (χ1n) is 4.66. The molecular weight excluding hydrogens is 176 g/mol. The summed E-state index contributed by atoms with van der Waals surface area (Å²) in [6.07, 6.45) is -0.194. The first-order chi connectivity index (χ1) is 5.99. The van der Waals surface area contributed by atoms with E-state index in [4.69, 9.17) is 4.74 Å². The number of alkyl halides is 2. The molecule has 1 heterocycles. The second-order valence-electron chi connectivity index (χ2n) is 4.09. The van der Waals surface area contributed by atoms with Crippen molar-refractivity contribution in [2.75, 3.05) is 13.1 Å². The molecule has 13 heavy (non-hydrogen) atoms. The van der Waals surface area contributed by atoms with E-state index in [9.17, 15) is 8.78 Å². The molecule has 0 amide bonds. The Hall–Kier alpha value is -0.220. The van der Waals surface area contributed by atoms with Crippen LogP contribution in [0.2, 0.25) is 0 Å². The smallest absolute Gasteiger partial charge is 0.250 e. The molecular formula is C9H17F2NO. The highest BCUT2D eigenvalue weighted by molar-refractivity contribution is 4.81. The number of rotatable bonds is 4. The van der Waals surface area contributed by atoms with Crippen LogP contribution in [0.3, 0.4) is 0 Å². The number of hydrogen-bond acceptors (Lipinski definition) is 2. The molecule has 0 saturated carbocycles. The van der Waals surface area contributed by atoms with Gasteiger partial charge in [-0.1, -0.05) is 0 Å². The fraction of sp³-hybridized carbons (Fsp3) is 1.00. The normalized spacial score (nSPS) is 27.0. The van der Waals surface area contributed by atoms with E-state index in [2.05, 4.69) is 5.32 Å².